The fourth-order valence-electron chi connectivity index (χ4n) is 16.9. The second-order valence-corrected chi connectivity index (χ2v) is 37.2. The van der Waals surface area contributed by atoms with E-state index in [0.29, 0.717) is 134 Å². The molecule has 0 unspecified atom stereocenters. The summed E-state index contributed by atoms with van der Waals surface area (Å²) in [5.41, 5.74) is 15.1. The van der Waals surface area contributed by atoms with Crippen LogP contribution in [-0.2, 0) is 53.9 Å². The molecule has 3 amide bonds. The van der Waals surface area contributed by atoms with Crippen molar-refractivity contribution < 1.29 is 64.3 Å². The number of hydrogen-bond acceptors (Lipinski definition) is 20. The summed E-state index contributed by atoms with van der Waals surface area (Å²) in [7, 11) is -6.70. The lowest BCUT2D eigenvalue weighted by molar-refractivity contribution is 0.0357. The summed E-state index contributed by atoms with van der Waals surface area (Å²) in [5, 5.41) is 51.6. The summed E-state index contributed by atoms with van der Waals surface area (Å²) in [6, 6.07) is 60.4. The average molecular weight is 1850 g/mol. The number of morpholine rings is 2. The van der Waals surface area contributed by atoms with Crippen molar-refractivity contribution in [3.63, 3.8) is 0 Å². The lowest BCUT2D eigenvalue weighted by Gasteiger charge is -2.30. The van der Waals surface area contributed by atoms with Crippen molar-refractivity contribution in [2.75, 3.05) is 137 Å². The van der Waals surface area contributed by atoms with Gasteiger partial charge in [-0.3, -0.25) is 24.6 Å². The van der Waals surface area contributed by atoms with Crippen LogP contribution in [-0.4, -0.2) is 179 Å². The van der Waals surface area contributed by atoms with Crippen LogP contribution in [0.15, 0.2) is 164 Å². The van der Waals surface area contributed by atoms with Crippen molar-refractivity contribution in [2.24, 2.45) is 5.92 Å². The number of anilines is 4. The predicted octanol–water partition coefficient (Wildman–Crippen LogP) is 19.1. The van der Waals surface area contributed by atoms with Crippen LogP contribution in [0.4, 0.5) is 32.3 Å². The number of amides is 3. The smallest absolute Gasteiger partial charge is 0.411 e. The molecule has 3 aliphatic heterocycles. The van der Waals surface area contributed by atoms with Crippen molar-refractivity contribution >= 4 is 110 Å². The predicted molar refractivity (Wildman–Crippen MR) is 516 cm³/mol. The van der Waals surface area contributed by atoms with E-state index in [1.807, 2.05) is 168 Å². The molecule has 0 radical (unpaired) electrons. The Kier molecular flexibility index (Phi) is 31.9. The zero-order valence-electron chi connectivity index (χ0n) is 75.5. The number of alkyl halides is 1. The third-order valence-electron chi connectivity index (χ3n) is 23.6. The van der Waals surface area contributed by atoms with Gasteiger partial charge in [-0.25, -0.2) is 26.4 Å². The van der Waals surface area contributed by atoms with Gasteiger partial charge in [0.05, 0.1) is 131 Å². The van der Waals surface area contributed by atoms with Gasteiger partial charge in [0.1, 0.15) is 41.5 Å². The number of benzene rings is 8. The van der Waals surface area contributed by atoms with Gasteiger partial charge in [0.2, 0.25) is 26.8 Å². The Labute approximate surface area is 775 Å². The Morgan fingerprint density at radius 3 is 1.45 bits per heavy atom. The monoisotopic (exact) mass is 1850 g/mol. The van der Waals surface area contributed by atoms with Gasteiger partial charge in [-0.1, -0.05) is 62.4 Å². The number of ether oxygens (including phenoxy) is 8. The molecule has 2 saturated heterocycles. The number of carbonyl (C=O) groups excluding carboxylic acids is 2. The van der Waals surface area contributed by atoms with Gasteiger partial charge in [0, 0.05) is 163 Å². The van der Waals surface area contributed by atoms with Gasteiger partial charge >= 0.3 is 12.1 Å². The molecule has 0 spiro atoms. The van der Waals surface area contributed by atoms with Crippen LogP contribution in [0.3, 0.4) is 0 Å². The molecule has 12 aromatic rings. The number of nitrogens with zero attached hydrogens (tertiary/aromatic N) is 10. The third-order valence-corrected chi connectivity index (χ3v) is 27.0. The Balaban J connectivity index is 0.000000142. The van der Waals surface area contributed by atoms with E-state index in [0.717, 1.165) is 197 Å². The fourth-order valence-corrected chi connectivity index (χ4v) is 19.0. The minimum absolute atomic E-state index is 0.00881. The first-order valence-corrected chi connectivity index (χ1v) is 48.9. The Morgan fingerprint density at radius 2 is 0.962 bits per heavy atom. The van der Waals surface area contributed by atoms with Crippen molar-refractivity contribution in [2.45, 2.75) is 124 Å². The number of carbonyl (C=O) groups is 2. The van der Waals surface area contributed by atoms with Crippen LogP contribution >= 0.6 is 11.6 Å². The van der Waals surface area contributed by atoms with Gasteiger partial charge in [-0.05, 0) is 182 Å². The first kappa shape index (κ1) is 95.1. The highest BCUT2D eigenvalue weighted by Gasteiger charge is 2.36. The number of rotatable bonds is 32. The van der Waals surface area contributed by atoms with E-state index in [9.17, 15) is 47.5 Å². The number of aromatic nitrogens is 4. The van der Waals surface area contributed by atoms with Crippen molar-refractivity contribution in [3.8, 4) is 98.1 Å². The fraction of sp³-hybridized carbons (Fsp3) is 0.380. The highest BCUT2D eigenvalue weighted by atomic mass is 35.5. The van der Waals surface area contributed by atoms with E-state index in [-0.39, 0.29) is 29.7 Å². The first-order valence-electron chi connectivity index (χ1n) is 45.2. The second kappa shape index (κ2) is 44.3. The molecule has 0 bridgehead atoms. The topological polar surface area (TPSA) is 358 Å². The van der Waals surface area contributed by atoms with Gasteiger partial charge in [0.25, 0.3) is 0 Å². The summed E-state index contributed by atoms with van der Waals surface area (Å²) < 4.78 is 107. The Morgan fingerprint density at radius 1 is 0.500 bits per heavy atom. The number of halogens is 1. The summed E-state index contributed by atoms with van der Waals surface area (Å²) >= 11 is 5.65. The molecule has 132 heavy (non-hydrogen) atoms. The Hall–Kier alpha value is -13.0. The number of nitrogens with one attached hydrogen (secondary N) is 5. The van der Waals surface area contributed by atoms with E-state index in [1.54, 1.807) is 37.3 Å². The zero-order chi connectivity index (χ0) is 93.0. The number of aryl methyl sites for hydroxylation is 3. The molecule has 4 aromatic heterocycles. The van der Waals surface area contributed by atoms with E-state index < -0.39 is 26.1 Å². The summed E-state index contributed by atoms with van der Waals surface area (Å²) in [6.07, 6.45) is 6.18. The molecule has 5 aliphatic rings. The normalized spacial score (nSPS) is 14.4. The number of sulfonamides is 2. The van der Waals surface area contributed by atoms with E-state index in [4.69, 9.17) is 49.5 Å². The van der Waals surface area contributed by atoms with Crippen LogP contribution in [0.1, 0.15) is 122 Å². The maximum absolute atomic E-state index is 12.2. The molecule has 8 aromatic carbocycles. The van der Waals surface area contributed by atoms with Gasteiger partial charge in [-0.15, -0.1) is 11.6 Å². The van der Waals surface area contributed by atoms with Gasteiger partial charge in [-0.2, -0.15) is 21.0 Å². The number of urea groups is 1. The van der Waals surface area contributed by atoms with E-state index >= 15 is 0 Å². The third kappa shape index (κ3) is 22.6. The molecule has 7 heterocycles. The van der Waals surface area contributed by atoms with Crippen LogP contribution in [0.5, 0.6) is 28.7 Å². The first-order chi connectivity index (χ1) is 64.1. The second-order valence-electron chi connectivity index (χ2n) is 32.9. The van der Waals surface area contributed by atoms with Crippen LogP contribution in [0.25, 0.3) is 88.6 Å². The van der Waals surface area contributed by atoms with Crippen molar-refractivity contribution in [1.29, 1.82) is 21.0 Å². The van der Waals surface area contributed by atoms with Crippen LogP contribution in [0, 0.1) is 51.2 Å². The van der Waals surface area contributed by atoms with Crippen molar-refractivity contribution in [1.82, 2.24) is 33.4 Å². The molecule has 5 N–H and O–H groups in total. The number of nitriles is 4. The molecule has 17 rings (SSSR count). The summed E-state index contributed by atoms with van der Waals surface area (Å²) in [4.78, 5) is 29.0. The van der Waals surface area contributed by atoms with E-state index in [2.05, 4.69) is 84.7 Å². The number of hydrogen-bond donors (Lipinski definition) is 5. The minimum atomic E-state index is -3.40. The Bertz CT molecular complexity index is 6560. The standard InChI is InChI=1S/C27H32ClN5O3.C26H32N4O4S.C26H29N3O3.C21H19N3O4S/c1-2-33-25-18-22(36-14-4-11-32-12-15-35-16-13-32)7-8-23(25)24(19-29)26(33)20-5-3-6-21(17-20)31-27(34)30-10-9-28;1-3-30-25-18-22(34-14-6-11-29-12-15-33-16-13-29)9-10-23(25)24(19-27)26(30)20-7-5-8-21(17-20)28-35(31,32)4-2;1-4-31-21-11-12-22-23(15-27)25(29(24(22)14-21)20-9-6-10-20)18-7-5-8-19(13-18)28-26(30)32-16-17(2)3;1-2-24-18-10-20-19(27-12-28-20)9-16(18)17(11-22)21(24)13-3-5-14(6-4-13)23-29(25,26)15-7-8-15/h3,5-8,17-18H,2,4,9-16H2,1H3,(H2,30,31,34);5,7-10,17-18,28H,3-4,6,11-16H2,1-2H3;5,7-8,11-14,17,20H,4,6,9-10,16H2,1-3H3,(H,28,30);3-6,9-10,15,23H,2,7-8,12H2,1H3. The van der Waals surface area contributed by atoms with Gasteiger partial charge in [0.15, 0.2) is 11.5 Å². The molecule has 2 aliphatic carbocycles. The molecule has 2 saturated carbocycles. The van der Waals surface area contributed by atoms with E-state index in [1.165, 1.54) is 6.42 Å². The minimum Gasteiger partial charge on any atom is -0.494 e. The van der Waals surface area contributed by atoms with Gasteiger partial charge < -0.3 is 66.8 Å². The highest BCUT2D eigenvalue weighted by Crippen LogP contribution is 2.47. The molecule has 690 valence electrons. The molecule has 4 fully saturated rings. The lowest BCUT2D eigenvalue weighted by atomic mass is 9.92. The lowest BCUT2D eigenvalue weighted by Crippen LogP contribution is -2.37. The molecule has 32 heteroatoms. The molecular formula is C100H112ClN15O14S2. The SMILES string of the molecule is CCOc1ccc2c(C#N)c(-c3cccc(NC(=O)OCC(C)C)c3)n(C3CCC3)c2c1.CCn1c(-c2ccc(NS(=O)(=O)C3CC3)cc2)c(C#N)c2cc3c(cc21)OCO3.CCn1c(-c2cccc(NC(=O)NCCCl)c2)c(C#N)c2ccc(OCCCN3CCOCC3)cc21.CCn1c(-c2cccc(NS(=O)(=O)CC)c2)c(C#N)c2ccc(OCCCN3CCOCC3)cc21. The maximum atomic E-state index is 12.2. The molecule has 0 atom stereocenters. The molecule has 29 nitrogen and oxygen atoms in total. The average Bonchev–Trinajstić information content (AvgIpc) is 1.59. The summed E-state index contributed by atoms with van der Waals surface area (Å²) in [6.45, 7) is 27.5. The van der Waals surface area contributed by atoms with Crippen LogP contribution in [0.2, 0.25) is 0 Å². The quantitative estimate of drug-likeness (QED) is 0.0193. The highest BCUT2D eigenvalue weighted by molar-refractivity contribution is 7.93. The largest absolute Gasteiger partial charge is 0.494 e. The zero-order valence-corrected chi connectivity index (χ0v) is 77.9. The number of fused-ring (bicyclic) bond motifs is 5. The summed E-state index contributed by atoms with van der Waals surface area (Å²) in [5.74, 6) is 4.28. The van der Waals surface area contributed by atoms with Crippen molar-refractivity contribution in [3.05, 3.63) is 186 Å². The molecular weight excluding hydrogens is 1730 g/mol. The van der Waals surface area contributed by atoms with Crippen LogP contribution < -0.4 is 49.1 Å². The maximum Gasteiger partial charge on any atom is 0.411 e.